The lowest BCUT2D eigenvalue weighted by Gasteiger charge is -2.18. The van der Waals surface area contributed by atoms with Crippen molar-refractivity contribution in [2.24, 2.45) is 5.92 Å². The molecule has 3 heterocycles. The van der Waals surface area contributed by atoms with Crippen molar-refractivity contribution < 1.29 is 8.42 Å². The maximum absolute atomic E-state index is 12.8. The average Bonchev–Trinajstić information content (AvgIpc) is 3.24. The smallest absolute Gasteiger partial charge is 0.278 e. The fourth-order valence-electron chi connectivity index (χ4n) is 3.15. The lowest BCUT2D eigenvalue weighted by atomic mass is 10.4. The molecule has 2 aromatic heterocycles. The van der Waals surface area contributed by atoms with Crippen molar-refractivity contribution in [3.05, 3.63) is 28.7 Å². The Morgan fingerprint density at radius 3 is 2.72 bits per heavy atom. The molecule has 0 bridgehead atoms. The molecular weight excluding hydrogens is 344 g/mol. The number of hydrogen-bond acceptors (Lipinski definition) is 5. The number of nitrogens with zero attached hydrogens (tertiary/aromatic N) is 6. The summed E-state index contributed by atoms with van der Waals surface area (Å²) in [5.41, 5.74) is -0.125. The lowest BCUT2D eigenvalue weighted by Crippen LogP contribution is -2.35. The van der Waals surface area contributed by atoms with E-state index in [1.165, 1.54) is 10.5 Å². The molecule has 2 aromatic rings. The van der Waals surface area contributed by atoms with Crippen molar-refractivity contribution in [2.45, 2.75) is 50.7 Å². The van der Waals surface area contributed by atoms with Crippen molar-refractivity contribution in [1.82, 2.24) is 28.4 Å². The second-order valence-electron chi connectivity index (χ2n) is 6.66. The van der Waals surface area contributed by atoms with Gasteiger partial charge in [-0.15, -0.1) is 0 Å². The highest BCUT2D eigenvalue weighted by molar-refractivity contribution is 7.89. The van der Waals surface area contributed by atoms with Gasteiger partial charge in [0.1, 0.15) is 10.7 Å². The van der Waals surface area contributed by atoms with Gasteiger partial charge >= 0.3 is 5.69 Å². The topological polar surface area (TPSA) is 95.0 Å². The van der Waals surface area contributed by atoms with Crippen LogP contribution in [0.2, 0.25) is 0 Å². The molecule has 1 fully saturated rings. The summed E-state index contributed by atoms with van der Waals surface area (Å²) in [7, 11) is -3.60. The third-order valence-corrected chi connectivity index (χ3v) is 6.71. The Hall–Kier alpha value is -1.94. The molecule has 136 valence electrons. The van der Waals surface area contributed by atoms with Gasteiger partial charge in [-0.1, -0.05) is 0 Å². The highest BCUT2D eigenvalue weighted by Crippen LogP contribution is 2.29. The van der Waals surface area contributed by atoms with Crippen LogP contribution in [0.15, 0.2) is 22.1 Å². The fourth-order valence-corrected chi connectivity index (χ4v) is 4.53. The standard InChI is InChI=1S/C15H22N6O3S/c1-2-18-11-13(9-16-18)25(23,24)19-6-5-14-17-21(10-12-3-4-12)15(22)20(14)8-7-19/h9,11-12H,2-8,10H2,1H3. The number of rotatable bonds is 5. The molecule has 1 saturated carbocycles. The van der Waals surface area contributed by atoms with Crippen molar-refractivity contribution >= 4 is 10.0 Å². The Morgan fingerprint density at radius 2 is 2.04 bits per heavy atom. The molecule has 0 spiro atoms. The van der Waals surface area contributed by atoms with Crippen LogP contribution in [-0.2, 0) is 36.1 Å². The van der Waals surface area contributed by atoms with Crippen molar-refractivity contribution in [1.29, 1.82) is 0 Å². The third-order valence-electron chi connectivity index (χ3n) is 4.86. The van der Waals surface area contributed by atoms with E-state index in [1.54, 1.807) is 20.1 Å². The molecule has 0 radical (unpaired) electrons. The molecule has 0 unspecified atom stereocenters. The number of fused-ring (bicyclic) bond motifs is 1. The summed E-state index contributed by atoms with van der Waals surface area (Å²) in [6.45, 7) is 4.12. The summed E-state index contributed by atoms with van der Waals surface area (Å²) in [4.78, 5) is 12.7. The molecule has 0 saturated heterocycles. The normalized spacial score (nSPS) is 18.9. The maximum atomic E-state index is 12.8. The van der Waals surface area contributed by atoms with Gasteiger partial charge in [-0.05, 0) is 25.7 Å². The van der Waals surface area contributed by atoms with E-state index < -0.39 is 10.0 Å². The predicted molar refractivity (Wildman–Crippen MR) is 89.6 cm³/mol. The third kappa shape index (κ3) is 3.04. The van der Waals surface area contributed by atoms with E-state index in [0.717, 1.165) is 12.8 Å². The fraction of sp³-hybridized carbons (Fsp3) is 0.667. The van der Waals surface area contributed by atoms with Gasteiger partial charge < -0.3 is 0 Å². The van der Waals surface area contributed by atoms with Gasteiger partial charge in [0.2, 0.25) is 10.0 Å². The van der Waals surface area contributed by atoms with E-state index in [1.807, 2.05) is 6.92 Å². The zero-order chi connectivity index (χ0) is 17.6. The first-order valence-corrected chi connectivity index (χ1v) is 10.1. The number of sulfonamides is 1. The molecule has 10 heteroatoms. The number of hydrogen-bond donors (Lipinski definition) is 0. The second-order valence-corrected chi connectivity index (χ2v) is 8.60. The van der Waals surface area contributed by atoms with Gasteiger partial charge in [0.05, 0.1) is 6.20 Å². The first-order valence-electron chi connectivity index (χ1n) is 8.68. The predicted octanol–water partition coefficient (Wildman–Crippen LogP) is -0.0818. The minimum absolute atomic E-state index is 0.125. The van der Waals surface area contributed by atoms with Crippen LogP contribution in [0.3, 0.4) is 0 Å². The molecule has 1 aliphatic carbocycles. The Bertz CT molecular complexity index is 937. The van der Waals surface area contributed by atoms with Crippen molar-refractivity contribution in [3.8, 4) is 0 Å². The summed E-state index contributed by atoms with van der Waals surface area (Å²) in [5, 5.41) is 8.47. The Kier molecular flexibility index (Phi) is 4.03. The molecular formula is C15H22N6O3S. The van der Waals surface area contributed by atoms with E-state index >= 15 is 0 Å². The highest BCUT2D eigenvalue weighted by atomic mass is 32.2. The minimum Gasteiger partial charge on any atom is -0.278 e. The van der Waals surface area contributed by atoms with Crippen LogP contribution in [0, 0.1) is 5.92 Å². The molecule has 4 rings (SSSR count). The quantitative estimate of drug-likeness (QED) is 0.737. The van der Waals surface area contributed by atoms with Crippen molar-refractivity contribution in [2.75, 3.05) is 13.1 Å². The zero-order valence-electron chi connectivity index (χ0n) is 14.2. The summed E-state index contributed by atoms with van der Waals surface area (Å²) in [5.74, 6) is 1.25. The van der Waals surface area contributed by atoms with Crippen LogP contribution in [-0.4, -0.2) is 49.9 Å². The van der Waals surface area contributed by atoms with Crippen LogP contribution in [0.4, 0.5) is 0 Å². The Labute approximate surface area is 145 Å². The van der Waals surface area contributed by atoms with Gasteiger partial charge in [0.25, 0.3) is 0 Å². The molecule has 0 amide bonds. The summed E-state index contributed by atoms with van der Waals surface area (Å²) < 4.78 is 31.8. The van der Waals surface area contributed by atoms with Crippen LogP contribution in [0.5, 0.6) is 0 Å². The second kappa shape index (κ2) is 6.10. The molecule has 0 N–H and O–H groups in total. The summed E-state index contributed by atoms with van der Waals surface area (Å²) in [6.07, 6.45) is 5.68. The van der Waals surface area contributed by atoms with E-state index in [0.29, 0.717) is 44.3 Å². The first-order chi connectivity index (χ1) is 12.0. The van der Waals surface area contributed by atoms with Crippen molar-refractivity contribution in [3.63, 3.8) is 0 Å². The monoisotopic (exact) mass is 366 g/mol. The largest absolute Gasteiger partial charge is 0.345 e. The molecule has 25 heavy (non-hydrogen) atoms. The van der Waals surface area contributed by atoms with Gasteiger partial charge in [-0.3, -0.25) is 9.25 Å². The Morgan fingerprint density at radius 1 is 1.24 bits per heavy atom. The van der Waals surface area contributed by atoms with E-state index in [-0.39, 0.29) is 17.1 Å². The average molecular weight is 366 g/mol. The van der Waals surface area contributed by atoms with E-state index in [9.17, 15) is 13.2 Å². The van der Waals surface area contributed by atoms with Crippen LogP contribution < -0.4 is 5.69 Å². The van der Waals surface area contributed by atoms with Crippen LogP contribution in [0.1, 0.15) is 25.6 Å². The summed E-state index contributed by atoms with van der Waals surface area (Å²) in [6, 6.07) is 0. The first kappa shape index (κ1) is 16.5. The number of aryl methyl sites for hydroxylation is 1. The molecule has 0 atom stereocenters. The molecule has 1 aliphatic heterocycles. The maximum Gasteiger partial charge on any atom is 0.345 e. The minimum atomic E-state index is -3.60. The van der Waals surface area contributed by atoms with E-state index in [4.69, 9.17) is 0 Å². The van der Waals surface area contributed by atoms with E-state index in [2.05, 4.69) is 10.2 Å². The van der Waals surface area contributed by atoms with Crippen LogP contribution in [0.25, 0.3) is 0 Å². The number of aromatic nitrogens is 5. The van der Waals surface area contributed by atoms with Gasteiger partial charge in [-0.25, -0.2) is 17.9 Å². The van der Waals surface area contributed by atoms with Gasteiger partial charge in [0.15, 0.2) is 0 Å². The highest BCUT2D eigenvalue weighted by Gasteiger charge is 2.30. The molecule has 2 aliphatic rings. The van der Waals surface area contributed by atoms with Crippen LogP contribution >= 0.6 is 0 Å². The lowest BCUT2D eigenvalue weighted by molar-refractivity contribution is 0.408. The zero-order valence-corrected chi connectivity index (χ0v) is 15.0. The SMILES string of the molecule is CCn1cc(S(=O)(=O)N2CCc3nn(CC4CC4)c(=O)n3CC2)cn1. The Balaban J connectivity index is 1.54. The molecule has 0 aromatic carbocycles. The molecule has 9 nitrogen and oxygen atoms in total. The summed E-state index contributed by atoms with van der Waals surface area (Å²) >= 11 is 0. The van der Waals surface area contributed by atoms with Gasteiger partial charge in [0, 0.05) is 45.3 Å². The van der Waals surface area contributed by atoms with Gasteiger partial charge in [-0.2, -0.15) is 14.5 Å².